The number of benzene rings is 1. The van der Waals surface area contributed by atoms with Crippen LogP contribution in [0.1, 0.15) is 24.0 Å². The van der Waals surface area contributed by atoms with Gasteiger partial charge in [0.2, 0.25) is 0 Å². The summed E-state index contributed by atoms with van der Waals surface area (Å²) in [5, 5.41) is 0. The predicted octanol–water partition coefficient (Wildman–Crippen LogP) is 3.30. The molecule has 16 heavy (non-hydrogen) atoms. The van der Waals surface area contributed by atoms with E-state index >= 15 is 0 Å². The van der Waals surface area contributed by atoms with Crippen LogP contribution in [0.2, 0.25) is 0 Å². The Morgan fingerprint density at radius 1 is 1.06 bits per heavy atom. The van der Waals surface area contributed by atoms with Gasteiger partial charge in [0.1, 0.15) is 0 Å². The summed E-state index contributed by atoms with van der Waals surface area (Å²) in [6, 6.07) is 5.84. The van der Waals surface area contributed by atoms with Crippen molar-refractivity contribution in [3.8, 4) is 0 Å². The third kappa shape index (κ3) is 2.55. The molecular formula is C12H14F3N. The van der Waals surface area contributed by atoms with E-state index in [0.29, 0.717) is 12.1 Å². The van der Waals surface area contributed by atoms with Crippen molar-refractivity contribution in [2.24, 2.45) is 0 Å². The molecule has 1 saturated heterocycles. The lowest BCUT2D eigenvalue weighted by molar-refractivity contribution is -0.138. The fourth-order valence-corrected chi connectivity index (χ4v) is 2.12. The topological polar surface area (TPSA) is 3.24 Å². The Bertz CT molecular complexity index is 354. The number of rotatable bonds is 2. The van der Waals surface area contributed by atoms with Crippen molar-refractivity contribution in [1.82, 2.24) is 4.90 Å². The minimum absolute atomic E-state index is 0.386. The number of hydrogen-bond donors (Lipinski definition) is 0. The molecule has 0 unspecified atom stereocenters. The first-order valence-corrected chi connectivity index (χ1v) is 5.45. The third-order valence-corrected chi connectivity index (χ3v) is 2.92. The monoisotopic (exact) mass is 229 g/mol. The molecule has 0 radical (unpaired) electrons. The van der Waals surface area contributed by atoms with Gasteiger partial charge in [0.15, 0.2) is 0 Å². The zero-order chi connectivity index (χ0) is 11.6. The minimum Gasteiger partial charge on any atom is -0.299 e. The van der Waals surface area contributed by atoms with Crippen molar-refractivity contribution in [3.63, 3.8) is 0 Å². The molecule has 0 aromatic heterocycles. The number of nitrogens with zero attached hydrogens (tertiary/aromatic N) is 1. The Morgan fingerprint density at radius 2 is 1.69 bits per heavy atom. The van der Waals surface area contributed by atoms with Gasteiger partial charge in [-0.3, -0.25) is 4.90 Å². The van der Waals surface area contributed by atoms with Gasteiger partial charge in [-0.1, -0.05) is 18.2 Å². The van der Waals surface area contributed by atoms with Crippen LogP contribution in [0.15, 0.2) is 24.3 Å². The first kappa shape index (κ1) is 11.5. The summed E-state index contributed by atoms with van der Waals surface area (Å²) in [6.07, 6.45) is -2.06. The van der Waals surface area contributed by atoms with E-state index < -0.39 is 11.7 Å². The smallest absolute Gasteiger partial charge is 0.299 e. The summed E-state index contributed by atoms with van der Waals surface area (Å²) >= 11 is 0. The molecule has 0 amide bonds. The molecule has 0 saturated carbocycles. The van der Waals surface area contributed by atoms with Crippen LogP contribution in [0.4, 0.5) is 13.2 Å². The summed E-state index contributed by atoms with van der Waals surface area (Å²) in [4.78, 5) is 2.07. The predicted molar refractivity (Wildman–Crippen MR) is 56.0 cm³/mol. The molecule has 1 fully saturated rings. The Labute approximate surface area is 92.9 Å². The van der Waals surface area contributed by atoms with E-state index in [9.17, 15) is 13.2 Å². The molecule has 88 valence electrons. The molecule has 0 atom stereocenters. The van der Waals surface area contributed by atoms with E-state index in [1.54, 1.807) is 12.1 Å². The minimum atomic E-state index is -4.24. The fraction of sp³-hybridized carbons (Fsp3) is 0.500. The van der Waals surface area contributed by atoms with Crippen LogP contribution < -0.4 is 0 Å². The van der Waals surface area contributed by atoms with E-state index in [-0.39, 0.29) is 0 Å². The molecule has 0 bridgehead atoms. The van der Waals surface area contributed by atoms with Crippen LogP contribution in [-0.2, 0) is 12.7 Å². The molecule has 1 aromatic carbocycles. The highest BCUT2D eigenvalue weighted by Gasteiger charge is 2.33. The molecule has 1 heterocycles. The van der Waals surface area contributed by atoms with Gasteiger partial charge in [-0.25, -0.2) is 0 Å². The van der Waals surface area contributed by atoms with Gasteiger partial charge in [-0.05, 0) is 37.6 Å². The Hall–Kier alpha value is -1.03. The molecule has 1 aromatic rings. The zero-order valence-electron chi connectivity index (χ0n) is 8.93. The van der Waals surface area contributed by atoms with E-state index in [1.165, 1.54) is 6.07 Å². The summed E-state index contributed by atoms with van der Waals surface area (Å²) in [7, 11) is 0. The molecule has 4 heteroatoms. The maximum atomic E-state index is 12.7. The van der Waals surface area contributed by atoms with Gasteiger partial charge in [0.25, 0.3) is 0 Å². The van der Waals surface area contributed by atoms with Gasteiger partial charge >= 0.3 is 6.18 Å². The van der Waals surface area contributed by atoms with Crippen molar-refractivity contribution < 1.29 is 13.2 Å². The van der Waals surface area contributed by atoms with Gasteiger partial charge in [-0.15, -0.1) is 0 Å². The van der Waals surface area contributed by atoms with Gasteiger partial charge < -0.3 is 0 Å². The lowest BCUT2D eigenvalue weighted by Gasteiger charge is -2.18. The highest BCUT2D eigenvalue weighted by Crippen LogP contribution is 2.32. The van der Waals surface area contributed by atoms with E-state index in [2.05, 4.69) is 4.90 Å². The van der Waals surface area contributed by atoms with Crippen molar-refractivity contribution in [1.29, 1.82) is 0 Å². The van der Waals surface area contributed by atoms with Gasteiger partial charge in [0, 0.05) is 6.54 Å². The maximum absolute atomic E-state index is 12.7. The zero-order valence-corrected chi connectivity index (χ0v) is 8.93. The molecule has 1 aliphatic rings. The molecule has 0 N–H and O–H groups in total. The summed E-state index contributed by atoms with van der Waals surface area (Å²) < 4.78 is 38.1. The Kier molecular flexibility index (Phi) is 3.19. The number of alkyl halides is 3. The maximum Gasteiger partial charge on any atom is 0.416 e. The number of hydrogen-bond acceptors (Lipinski definition) is 1. The van der Waals surface area contributed by atoms with Crippen LogP contribution in [0.3, 0.4) is 0 Å². The quantitative estimate of drug-likeness (QED) is 0.752. The highest BCUT2D eigenvalue weighted by atomic mass is 19.4. The van der Waals surface area contributed by atoms with Crippen molar-refractivity contribution in [3.05, 3.63) is 35.4 Å². The lowest BCUT2D eigenvalue weighted by atomic mass is 10.1. The Balaban J connectivity index is 2.19. The second-order valence-electron chi connectivity index (χ2n) is 4.14. The third-order valence-electron chi connectivity index (χ3n) is 2.92. The Morgan fingerprint density at radius 3 is 2.31 bits per heavy atom. The number of halogens is 3. The van der Waals surface area contributed by atoms with Crippen LogP contribution in [0.5, 0.6) is 0 Å². The van der Waals surface area contributed by atoms with Gasteiger partial charge in [0.05, 0.1) is 5.56 Å². The van der Waals surface area contributed by atoms with Crippen LogP contribution in [0, 0.1) is 0 Å². The molecule has 1 aliphatic heterocycles. The molecule has 2 rings (SSSR count). The first-order valence-electron chi connectivity index (χ1n) is 5.45. The lowest BCUT2D eigenvalue weighted by Crippen LogP contribution is -2.21. The number of likely N-dealkylation sites (tertiary alicyclic amines) is 1. The van der Waals surface area contributed by atoms with Gasteiger partial charge in [-0.2, -0.15) is 13.2 Å². The van der Waals surface area contributed by atoms with E-state index in [4.69, 9.17) is 0 Å². The molecular weight excluding hydrogens is 215 g/mol. The van der Waals surface area contributed by atoms with Crippen molar-refractivity contribution in [2.45, 2.75) is 25.6 Å². The largest absolute Gasteiger partial charge is 0.416 e. The second-order valence-corrected chi connectivity index (χ2v) is 4.14. The summed E-state index contributed by atoms with van der Waals surface area (Å²) in [5.74, 6) is 0. The van der Waals surface area contributed by atoms with Crippen molar-refractivity contribution >= 4 is 0 Å². The van der Waals surface area contributed by atoms with Crippen LogP contribution in [-0.4, -0.2) is 18.0 Å². The standard InChI is InChI=1S/C12H14F3N/c13-12(14,15)11-6-2-1-5-10(11)9-16-7-3-4-8-16/h1-2,5-6H,3-4,7-9H2. The summed E-state index contributed by atoms with van der Waals surface area (Å²) in [5.41, 5.74) is -0.112. The fourth-order valence-electron chi connectivity index (χ4n) is 2.12. The average molecular weight is 229 g/mol. The summed E-state index contributed by atoms with van der Waals surface area (Å²) in [6.45, 7) is 2.23. The van der Waals surface area contributed by atoms with E-state index in [1.807, 2.05) is 0 Å². The highest BCUT2D eigenvalue weighted by molar-refractivity contribution is 5.29. The van der Waals surface area contributed by atoms with Crippen molar-refractivity contribution in [2.75, 3.05) is 13.1 Å². The molecule has 0 aliphatic carbocycles. The van der Waals surface area contributed by atoms with E-state index in [0.717, 1.165) is 32.0 Å². The van der Waals surface area contributed by atoms with Crippen LogP contribution in [0.25, 0.3) is 0 Å². The first-order chi connectivity index (χ1) is 7.57. The second kappa shape index (κ2) is 4.45. The molecule has 0 spiro atoms. The molecule has 1 nitrogen and oxygen atoms in total. The van der Waals surface area contributed by atoms with Crippen LogP contribution >= 0.6 is 0 Å². The normalized spacial score (nSPS) is 17.9. The average Bonchev–Trinajstić information content (AvgIpc) is 2.70. The SMILES string of the molecule is FC(F)(F)c1ccccc1CN1CCCC1.